The number of aryl methyl sites for hydroxylation is 1. The number of hydrogen-bond donors (Lipinski definition) is 0. The second-order valence-corrected chi connectivity index (χ2v) is 8.97. The topological polar surface area (TPSA) is 54.3 Å². The van der Waals surface area contributed by atoms with E-state index in [0.29, 0.717) is 25.2 Å². The zero-order chi connectivity index (χ0) is 22.1. The first-order valence-electron chi connectivity index (χ1n) is 10.7. The molecule has 1 aromatic carbocycles. The first-order chi connectivity index (χ1) is 15.6. The molecule has 5 rings (SSSR count). The van der Waals surface area contributed by atoms with Crippen LogP contribution in [0.15, 0.2) is 54.0 Å². The lowest BCUT2D eigenvalue weighted by atomic mass is 10.1. The Labute approximate surface area is 189 Å². The monoisotopic (exact) mass is 449 g/mol. The molecule has 1 saturated heterocycles. The predicted molar refractivity (Wildman–Crippen MR) is 124 cm³/mol. The van der Waals surface area contributed by atoms with Crippen molar-refractivity contribution >= 4 is 28.3 Å². The zero-order valence-electron chi connectivity index (χ0n) is 17.9. The van der Waals surface area contributed by atoms with Crippen LogP contribution < -0.4 is 0 Å². The van der Waals surface area contributed by atoms with Crippen LogP contribution in [-0.2, 0) is 17.9 Å². The number of thiophene rings is 1. The van der Waals surface area contributed by atoms with Gasteiger partial charge in [-0.1, -0.05) is 24.3 Å². The highest BCUT2D eigenvalue weighted by Crippen LogP contribution is 2.32. The summed E-state index contributed by atoms with van der Waals surface area (Å²) in [5.41, 5.74) is 3.40. The van der Waals surface area contributed by atoms with Crippen LogP contribution in [0.4, 0.5) is 4.39 Å². The highest BCUT2D eigenvalue weighted by molar-refractivity contribution is 7.13. The Balaban J connectivity index is 1.27. The largest absolute Gasteiger partial charge is 0.339 e. The lowest BCUT2D eigenvalue weighted by Crippen LogP contribution is -2.49. The van der Waals surface area contributed by atoms with E-state index in [1.165, 1.54) is 6.07 Å². The number of piperazine rings is 1. The molecule has 32 heavy (non-hydrogen) atoms. The molecule has 6 nitrogen and oxygen atoms in total. The second-order valence-electron chi connectivity index (χ2n) is 8.03. The van der Waals surface area contributed by atoms with Gasteiger partial charge in [-0.3, -0.25) is 9.69 Å². The van der Waals surface area contributed by atoms with Crippen LogP contribution in [0, 0.1) is 12.7 Å². The summed E-state index contributed by atoms with van der Waals surface area (Å²) in [4.78, 5) is 22.8. The molecule has 0 saturated carbocycles. The molecule has 4 aromatic rings. The van der Waals surface area contributed by atoms with Gasteiger partial charge in [-0.05, 0) is 30.5 Å². The van der Waals surface area contributed by atoms with Crippen molar-refractivity contribution in [3.8, 4) is 10.4 Å². The maximum absolute atomic E-state index is 13.9. The van der Waals surface area contributed by atoms with E-state index in [9.17, 15) is 9.18 Å². The lowest BCUT2D eigenvalue weighted by Gasteiger charge is -2.34. The average molecular weight is 450 g/mol. The normalized spacial score (nSPS) is 14.9. The van der Waals surface area contributed by atoms with Gasteiger partial charge in [-0.15, -0.1) is 11.3 Å². The molecule has 0 aliphatic carbocycles. The van der Waals surface area contributed by atoms with Gasteiger partial charge in [0.2, 0.25) is 5.91 Å². The molecule has 0 spiro atoms. The summed E-state index contributed by atoms with van der Waals surface area (Å²) < 4.78 is 15.7. The number of hydrogen-bond acceptors (Lipinski definition) is 5. The quantitative estimate of drug-likeness (QED) is 0.463. The Kier molecular flexibility index (Phi) is 5.71. The smallest absolute Gasteiger partial charge is 0.244 e. The van der Waals surface area contributed by atoms with Crippen molar-refractivity contribution in [3.05, 3.63) is 71.1 Å². The van der Waals surface area contributed by atoms with Gasteiger partial charge in [0, 0.05) is 54.9 Å². The van der Waals surface area contributed by atoms with Gasteiger partial charge < -0.3 is 4.90 Å². The SMILES string of the molecule is Cc1nn(CC(=O)N2CCN(Cc3ccccc3F)CC2)c2nccc(-c3cccs3)c12. The van der Waals surface area contributed by atoms with Crippen LogP contribution in [0.25, 0.3) is 21.5 Å². The van der Waals surface area contributed by atoms with Gasteiger partial charge >= 0.3 is 0 Å². The summed E-state index contributed by atoms with van der Waals surface area (Å²) in [6, 6.07) is 13.0. The van der Waals surface area contributed by atoms with Crippen molar-refractivity contribution in [1.82, 2.24) is 24.6 Å². The summed E-state index contributed by atoms with van der Waals surface area (Å²) in [6.45, 7) is 5.38. The molecule has 0 unspecified atom stereocenters. The van der Waals surface area contributed by atoms with E-state index >= 15 is 0 Å². The molecular formula is C24H24FN5OS. The number of aromatic nitrogens is 3. The number of nitrogens with zero attached hydrogens (tertiary/aromatic N) is 5. The fourth-order valence-corrected chi connectivity index (χ4v) is 5.04. The Hall–Kier alpha value is -3.10. The molecule has 1 aliphatic rings. The van der Waals surface area contributed by atoms with Crippen molar-refractivity contribution in [2.75, 3.05) is 26.2 Å². The van der Waals surface area contributed by atoms with Crippen LogP contribution in [0.2, 0.25) is 0 Å². The van der Waals surface area contributed by atoms with Crippen molar-refractivity contribution in [3.63, 3.8) is 0 Å². The summed E-state index contributed by atoms with van der Waals surface area (Å²) in [6.07, 6.45) is 1.78. The molecule has 1 amide bonds. The number of pyridine rings is 1. The predicted octanol–water partition coefficient (Wildman–Crippen LogP) is 3.95. The fourth-order valence-electron chi connectivity index (χ4n) is 4.28. The summed E-state index contributed by atoms with van der Waals surface area (Å²) >= 11 is 1.68. The fraction of sp³-hybridized carbons (Fsp3) is 0.292. The van der Waals surface area contributed by atoms with Crippen molar-refractivity contribution < 1.29 is 9.18 Å². The van der Waals surface area contributed by atoms with Crippen LogP contribution >= 0.6 is 11.3 Å². The number of rotatable bonds is 5. The van der Waals surface area contributed by atoms with Gasteiger partial charge in [-0.2, -0.15) is 5.10 Å². The van der Waals surface area contributed by atoms with E-state index in [-0.39, 0.29) is 18.3 Å². The number of benzene rings is 1. The Morgan fingerprint density at radius 3 is 2.66 bits per heavy atom. The van der Waals surface area contributed by atoms with Gasteiger partial charge in [0.05, 0.1) is 11.1 Å². The molecule has 0 bridgehead atoms. The van der Waals surface area contributed by atoms with Gasteiger partial charge in [0.15, 0.2) is 5.65 Å². The summed E-state index contributed by atoms with van der Waals surface area (Å²) in [5, 5.41) is 7.68. The van der Waals surface area contributed by atoms with E-state index in [1.54, 1.807) is 28.3 Å². The molecule has 3 aromatic heterocycles. The molecule has 1 aliphatic heterocycles. The molecular weight excluding hydrogens is 425 g/mol. The minimum atomic E-state index is -0.179. The number of carbonyl (C=O) groups is 1. The van der Waals surface area contributed by atoms with Crippen LogP contribution in [-0.4, -0.2) is 56.7 Å². The van der Waals surface area contributed by atoms with Gasteiger partial charge in [-0.25, -0.2) is 14.1 Å². The molecule has 0 atom stereocenters. The third-order valence-electron chi connectivity index (χ3n) is 5.96. The molecule has 0 N–H and O–H groups in total. The maximum Gasteiger partial charge on any atom is 0.244 e. The summed E-state index contributed by atoms with van der Waals surface area (Å²) in [5.74, 6) is -0.148. The molecule has 0 radical (unpaired) electrons. The Morgan fingerprint density at radius 1 is 1.09 bits per heavy atom. The molecule has 8 heteroatoms. The Morgan fingerprint density at radius 2 is 1.91 bits per heavy atom. The average Bonchev–Trinajstić information content (AvgIpc) is 3.45. The number of carbonyl (C=O) groups excluding carboxylic acids is 1. The summed E-state index contributed by atoms with van der Waals surface area (Å²) in [7, 11) is 0. The Bertz CT molecular complexity index is 1240. The minimum Gasteiger partial charge on any atom is -0.339 e. The van der Waals surface area contributed by atoms with E-state index in [4.69, 9.17) is 0 Å². The molecule has 1 fully saturated rings. The van der Waals surface area contributed by atoms with E-state index in [1.807, 2.05) is 36.1 Å². The van der Waals surface area contributed by atoms with Crippen LogP contribution in [0.1, 0.15) is 11.3 Å². The standard InChI is InChI=1S/C24H24FN5OS/c1-17-23-19(21-7-4-14-32-21)8-9-26-24(23)30(27-17)16-22(31)29-12-10-28(11-13-29)15-18-5-2-3-6-20(18)25/h2-9,14H,10-13,15-16H2,1H3. The maximum atomic E-state index is 13.9. The van der Waals surface area contributed by atoms with Crippen molar-refractivity contribution in [2.45, 2.75) is 20.0 Å². The van der Waals surface area contributed by atoms with Crippen LogP contribution in [0.5, 0.6) is 0 Å². The van der Waals surface area contributed by atoms with E-state index in [0.717, 1.165) is 40.3 Å². The van der Waals surface area contributed by atoms with Crippen molar-refractivity contribution in [1.29, 1.82) is 0 Å². The number of amides is 1. The van der Waals surface area contributed by atoms with Crippen molar-refractivity contribution in [2.24, 2.45) is 0 Å². The molecule has 164 valence electrons. The van der Waals surface area contributed by atoms with E-state index < -0.39 is 0 Å². The highest BCUT2D eigenvalue weighted by Gasteiger charge is 2.23. The highest BCUT2D eigenvalue weighted by atomic mass is 32.1. The number of fused-ring (bicyclic) bond motifs is 1. The molecule has 4 heterocycles. The minimum absolute atomic E-state index is 0.0308. The zero-order valence-corrected chi connectivity index (χ0v) is 18.7. The van der Waals surface area contributed by atoms with Gasteiger partial charge in [0.1, 0.15) is 12.4 Å². The van der Waals surface area contributed by atoms with Crippen LogP contribution in [0.3, 0.4) is 0 Å². The van der Waals surface area contributed by atoms with Gasteiger partial charge in [0.25, 0.3) is 0 Å². The number of halogens is 1. The first-order valence-corrected chi connectivity index (χ1v) is 11.6. The third-order valence-corrected chi connectivity index (χ3v) is 6.86. The second kappa shape index (κ2) is 8.80. The first kappa shape index (κ1) is 20.8. The lowest BCUT2D eigenvalue weighted by molar-refractivity contribution is -0.133. The third kappa shape index (κ3) is 4.03. The van der Waals surface area contributed by atoms with E-state index in [2.05, 4.69) is 26.4 Å².